The van der Waals surface area contributed by atoms with Gasteiger partial charge in [0.25, 0.3) is 0 Å². The van der Waals surface area contributed by atoms with Crippen LogP contribution in [-0.2, 0) is 24.1 Å². The molecule has 0 bridgehead atoms. The van der Waals surface area contributed by atoms with Crippen molar-refractivity contribution in [1.82, 2.24) is 10.3 Å². The van der Waals surface area contributed by atoms with Crippen LogP contribution in [0.1, 0.15) is 29.0 Å². The Morgan fingerprint density at radius 3 is 2.59 bits per heavy atom. The fraction of sp³-hybridized carbons (Fsp3) is 0.304. The Bertz CT molecular complexity index is 889. The van der Waals surface area contributed by atoms with E-state index in [9.17, 15) is 4.79 Å². The second-order valence-electron chi connectivity index (χ2n) is 7.07. The predicted molar refractivity (Wildman–Crippen MR) is 111 cm³/mol. The van der Waals surface area contributed by atoms with Crippen LogP contribution in [0.2, 0.25) is 0 Å². The highest BCUT2D eigenvalue weighted by Gasteiger charge is 2.27. The van der Waals surface area contributed by atoms with Crippen molar-refractivity contribution in [3.05, 3.63) is 76.8 Å². The maximum atomic E-state index is 12.6. The zero-order valence-electron chi connectivity index (χ0n) is 15.4. The minimum atomic E-state index is 0.0818. The van der Waals surface area contributed by atoms with Crippen molar-refractivity contribution in [3.63, 3.8) is 0 Å². The number of benzene rings is 2. The maximum Gasteiger partial charge on any atom is 0.223 e. The molecule has 0 saturated carbocycles. The van der Waals surface area contributed by atoms with Crippen molar-refractivity contribution < 1.29 is 4.79 Å². The molecule has 1 atom stereocenters. The van der Waals surface area contributed by atoms with E-state index in [1.54, 1.807) is 11.3 Å². The van der Waals surface area contributed by atoms with Gasteiger partial charge in [-0.2, -0.15) is 0 Å². The summed E-state index contributed by atoms with van der Waals surface area (Å²) >= 11 is 1.74. The Morgan fingerprint density at radius 2 is 1.81 bits per heavy atom. The van der Waals surface area contributed by atoms with Crippen LogP contribution in [0, 0.1) is 5.92 Å². The van der Waals surface area contributed by atoms with Crippen LogP contribution in [0.4, 0.5) is 0 Å². The first-order valence-corrected chi connectivity index (χ1v) is 10.5. The molecule has 4 heteroatoms. The van der Waals surface area contributed by atoms with Crippen molar-refractivity contribution in [2.24, 2.45) is 5.92 Å². The minimum absolute atomic E-state index is 0.0818. The maximum absolute atomic E-state index is 12.6. The molecule has 0 saturated heterocycles. The summed E-state index contributed by atoms with van der Waals surface area (Å²) in [5.41, 5.74) is 3.68. The van der Waals surface area contributed by atoms with E-state index in [2.05, 4.69) is 41.7 Å². The van der Waals surface area contributed by atoms with Crippen LogP contribution >= 0.6 is 11.3 Å². The lowest BCUT2D eigenvalue weighted by Crippen LogP contribution is -2.34. The Labute approximate surface area is 164 Å². The molecule has 4 rings (SSSR count). The number of nitrogens with zero attached hydrogens (tertiary/aromatic N) is 1. The van der Waals surface area contributed by atoms with Gasteiger partial charge in [0.05, 0.1) is 5.69 Å². The second-order valence-corrected chi connectivity index (χ2v) is 8.16. The fourth-order valence-corrected chi connectivity index (χ4v) is 4.79. The number of nitrogens with one attached hydrogen (secondary N) is 1. The summed E-state index contributed by atoms with van der Waals surface area (Å²) in [5.74, 6) is 0.279. The van der Waals surface area contributed by atoms with E-state index in [-0.39, 0.29) is 11.8 Å². The molecule has 1 N–H and O–H groups in total. The molecule has 1 unspecified atom stereocenters. The predicted octanol–water partition coefficient (Wildman–Crippen LogP) is 4.66. The van der Waals surface area contributed by atoms with Gasteiger partial charge in [-0.3, -0.25) is 4.79 Å². The van der Waals surface area contributed by atoms with Gasteiger partial charge >= 0.3 is 0 Å². The largest absolute Gasteiger partial charge is 0.356 e. The quantitative estimate of drug-likeness (QED) is 0.636. The zero-order chi connectivity index (χ0) is 18.5. The molecule has 0 spiro atoms. The van der Waals surface area contributed by atoms with Gasteiger partial charge in [-0.25, -0.2) is 4.98 Å². The van der Waals surface area contributed by atoms with Crippen LogP contribution in [0.3, 0.4) is 0 Å². The normalized spacial score (nSPS) is 15.9. The Hall–Kier alpha value is -2.46. The third-order valence-corrected chi connectivity index (χ3v) is 6.28. The summed E-state index contributed by atoms with van der Waals surface area (Å²) in [6.45, 7) is 0.745. The molecule has 0 radical (unpaired) electrons. The molecule has 1 amide bonds. The molecule has 1 aliphatic rings. The molecule has 1 aromatic heterocycles. The van der Waals surface area contributed by atoms with E-state index in [4.69, 9.17) is 4.98 Å². The highest BCUT2D eigenvalue weighted by molar-refractivity contribution is 7.15. The van der Waals surface area contributed by atoms with Crippen molar-refractivity contribution in [3.8, 4) is 10.6 Å². The number of hydrogen-bond donors (Lipinski definition) is 1. The van der Waals surface area contributed by atoms with Crippen molar-refractivity contribution in [1.29, 1.82) is 0 Å². The van der Waals surface area contributed by atoms with E-state index in [0.717, 1.165) is 43.7 Å². The molecular weight excluding hydrogens is 352 g/mol. The summed E-state index contributed by atoms with van der Waals surface area (Å²) in [4.78, 5) is 18.7. The van der Waals surface area contributed by atoms with E-state index in [1.165, 1.54) is 21.7 Å². The lowest BCUT2D eigenvalue weighted by Gasteiger charge is -2.20. The summed E-state index contributed by atoms with van der Waals surface area (Å²) in [6.07, 6.45) is 4.61. The number of hydrogen-bond acceptors (Lipinski definition) is 3. The smallest absolute Gasteiger partial charge is 0.223 e. The van der Waals surface area contributed by atoms with E-state index in [0.29, 0.717) is 0 Å². The number of thiazole rings is 1. The topological polar surface area (TPSA) is 42.0 Å². The Kier molecular flexibility index (Phi) is 5.64. The summed E-state index contributed by atoms with van der Waals surface area (Å²) in [5, 5.41) is 4.21. The molecule has 27 heavy (non-hydrogen) atoms. The summed E-state index contributed by atoms with van der Waals surface area (Å²) in [7, 11) is 0. The first kappa shape index (κ1) is 17.9. The average Bonchev–Trinajstić information content (AvgIpc) is 3.16. The van der Waals surface area contributed by atoms with Gasteiger partial charge in [0.2, 0.25) is 5.91 Å². The van der Waals surface area contributed by atoms with Crippen LogP contribution in [0.5, 0.6) is 0 Å². The van der Waals surface area contributed by atoms with Crippen molar-refractivity contribution >= 4 is 17.2 Å². The molecule has 0 fully saturated rings. The fourth-order valence-electron chi connectivity index (χ4n) is 3.60. The number of aryl methyl sites for hydroxylation is 2. The number of fused-ring (bicyclic) bond motifs is 1. The summed E-state index contributed by atoms with van der Waals surface area (Å²) < 4.78 is 0. The average molecular weight is 377 g/mol. The highest BCUT2D eigenvalue weighted by Crippen LogP contribution is 2.34. The first-order chi connectivity index (χ1) is 13.3. The number of carbonyl (C=O) groups is 1. The molecule has 3 aromatic rings. The number of aromatic nitrogens is 1. The Morgan fingerprint density at radius 1 is 1.07 bits per heavy atom. The number of carbonyl (C=O) groups excluding carboxylic acids is 1. The van der Waals surface area contributed by atoms with E-state index >= 15 is 0 Å². The third kappa shape index (κ3) is 4.45. The molecule has 138 valence electrons. The number of rotatable bonds is 6. The zero-order valence-corrected chi connectivity index (χ0v) is 16.2. The lowest BCUT2D eigenvalue weighted by molar-refractivity contribution is -0.125. The lowest BCUT2D eigenvalue weighted by atomic mass is 9.90. The summed E-state index contributed by atoms with van der Waals surface area (Å²) in [6, 6.07) is 20.7. The first-order valence-electron chi connectivity index (χ1n) is 9.65. The van der Waals surface area contributed by atoms with Crippen molar-refractivity contribution in [2.45, 2.75) is 32.1 Å². The molecule has 1 heterocycles. The van der Waals surface area contributed by atoms with Gasteiger partial charge < -0.3 is 5.32 Å². The molecular formula is C23H24N2OS. The molecule has 2 aromatic carbocycles. The van der Waals surface area contributed by atoms with Gasteiger partial charge in [0, 0.05) is 22.9 Å². The van der Waals surface area contributed by atoms with E-state index in [1.807, 2.05) is 24.3 Å². The standard InChI is InChI=1S/C23H24N2OS/c26-22(24-15-7-10-17-8-3-1-4-9-17)19-13-14-20-21(16-19)27-23(25-20)18-11-5-2-6-12-18/h1-6,8-9,11-12,19H,7,10,13-16H2,(H,24,26). The molecule has 0 aliphatic heterocycles. The minimum Gasteiger partial charge on any atom is -0.356 e. The second kappa shape index (κ2) is 8.49. The van der Waals surface area contributed by atoms with Gasteiger partial charge in [-0.15, -0.1) is 11.3 Å². The van der Waals surface area contributed by atoms with Crippen LogP contribution in [-0.4, -0.2) is 17.4 Å². The van der Waals surface area contributed by atoms with Gasteiger partial charge in [0.15, 0.2) is 0 Å². The molecule has 3 nitrogen and oxygen atoms in total. The van der Waals surface area contributed by atoms with Gasteiger partial charge in [0.1, 0.15) is 5.01 Å². The van der Waals surface area contributed by atoms with Gasteiger partial charge in [-0.1, -0.05) is 60.7 Å². The van der Waals surface area contributed by atoms with Gasteiger partial charge in [-0.05, 0) is 37.7 Å². The molecule has 1 aliphatic carbocycles. The van der Waals surface area contributed by atoms with Crippen LogP contribution in [0.25, 0.3) is 10.6 Å². The van der Waals surface area contributed by atoms with Crippen LogP contribution in [0.15, 0.2) is 60.7 Å². The monoisotopic (exact) mass is 376 g/mol. The van der Waals surface area contributed by atoms with Crippen LogP contribution < -0.4 is 5.32 Å². The van der Waals surface area contributed by atoms with Crippen molar-refractivity contribution in [2.75, 3.05) is 6.54 Å². The SMILES string of the molecule is O=C(NCCCc1ccccc1)C1CCc2nc(-c3ccccc3)sc2C1. The highest BCUT2D eigenvalue weighted by atomic mass is 32.1. The number of amides is 1. The van der Waals surface area contributed by atoms with E-state index < -0.39 is 0 Å². The Balaban J connectivity index is 1.30. The third-order valence-electron chi connectivity index (χ3n) is 5.12.